The topological polar surface area (TPSA) is 79.8 Å². The number of aryl methyl sites for hydroxylation is 1. The molecule has 0 aliphatic rings. The van der Waals surface area contributed by atoms with E-state index < -0.39 is 0 Å². The van der Waals surface area contributed by atoms with Crippen molar-refractivity contribution in [2.45, 2.75) is 13.3 Å². The standard InChI is InChI=1S/C19H17N5OS/c1-14-17(3-2-15-4-9-20-10-5-15)26-19(23-14)24-18(25)22-13-8-16-6-11-21-12-7-16/h4-7,9-12H,8,13H2,1H3,(H2,22,23,24,25). The number of anilines is 1. The SMILES string of the molecule is Cc1nc(NC(=O)NCCc2ccncc2)sc1C#Cc1ccncc1. The predicted molar refractivity (Wildman–Crippen MR) is 102 cm³/mol. The highest BCUT2D eigenvalue weighted by molar-refractivity contribution is 7.16. The Hall–Kier alpha value is -3.24. The van der Waals surface area contributed by atoms with Crippen LogP contribution in [0.3, 0.4) is 0 Å². The Labute approximate surface area is 155 Å². The van der Waals surface area contributed by atoms with E-state index in [1.54, 1.807) is 24.8 Å². The average molecular weight is 363 g/mol. The Bertz CT molecular complexity index is 929. The minimum atomic E-state index is -0.276. The third kappa shape index (κ3) is 5.13. The van der Waals surface area contributed by atoms with Gasteiger partial charge < -0.3 is 5.32 Å². The lowest BCUT2D eigenvalue weighted by Gasteiger charge is -2.05. The van der Waals surface area contributed by atoms with Gasteiger partial charge in [-0.05, 0) is 49.1 Å². The van der Waals surface area contributed by atoms with Crippen molar-refractivity contribution in [3.63, 3.8) is 0 Å². The highest BCUT2D eigenvalue weighted by Gasteiger charge is 2.08. The molecule has 3 aromatic heterocycles. The van der Waals surface area contributed by atoms with Crippen LogP contribution >= 0.6 is 11.3 Å². The molecule has 0 radical (unpaired) electrons. The zero-order valence-corrected chi connectivity index (χ0v) is 15.0. The summed E-state index contributed by atoms with van der Waals surface area (Å²) in [6.07, 6.45) is 7.62. The van der Waals surface area contributed by atoms with Crippen molar-refractivity contribution < 1.29 is 4.79 Å². The maximum atomic E-state index is 12.0. The molecule has 0 bridgehead atoms. The van der Waals surface area contributed by atoms with Crippen LogP contribution in [0.2, 0.25) is 0 Å². The fraction of sp³-hybridized carbons (Fsp3) is 0.158. The minimum absolute atomic E-state index is 0.276. The van der Waals surface area contributed by atoms with E-state index in [1.807, 2.05) is 31.2 Å². The number of aromatic nitrogens is 3. The van der Waals surface area contributed by atoms with E-state index in [2.05, 4.69) is 37.4 Å². The number of hydrogen-bond acceptors (Lipinski definition) is 5. The van der Waals surface area contributed by atoms with Gasteiger partial charge in [-0.1, -0.05) is 17.3 Å². The van der Waals surface area contributed by atoms with Crippen LogP contribution in [0.25, 0.3) is 0 Å². The van der Waals surface area contributed by atoms with Gasteiger partial charge in [-0.3, -0.25) is 15.3 Å². The molecular formula is C19H17N5OS. The first-order valence-corrected chi connectivity index (χ1v) is 8.85. The number of carbonyl (C=O) groups excluding carboxylic acids is 1. The normalized spacial score (nSPS) is 9.88. The van der Waals surface area contributed by atoms with E-state index in [0.29, 0.717) is 11.7 Å². The maximum absolute atomic E-state index is 12.0. The summed E-state index contributed by atoms with van der Waals surface area (Å²) in [6.45, 7) is 2.41. The molecule has 0 atom stereocenters. The van der Waals surface area contributed by atoms with Crippen LogP contribution in [-0.2, 0) is 6.42 Å². The molecule has 0 fully saturated rings. The third-order valence-corrected chi connectivity index (χ3v) is 4.45. The van der Waals surface area contributed by atoms with Gasteiger partial charge in [-0.25, -0.2) is 9.78 Å². The average Bonchev–Trinajstić information content (AvgIpc) is 3.01. The largest absolute Gasteiger partial charge is 0.337 e. The second-order valence-electron chi connectivity index (χ2n) is 5.41. The summed E-state index contributed by atoms with van der Waals surface area (Å²) in [6, 6.07) is 7.27. The van der Waals surface area contributed by atoms with E-state index in [-0.39, 0.29) is 6.03 Å². The fourth-order valence-electron chi connectivity index (χ4n) is 2.14. The molecule has 6 nitrogen and oxygen atoms in total. The molecule has 0 saturated heterocycles. The first-order valence-electron chi connectivity index (χ1n) is 8.04. The van der Waals surface area contributed by atoms with Gasteiger partial charge in [0.1, 0.15) is 4.88 Å². The molecular weight excluding hydrogens is 346 g/mol. The summed E-state index contributed by atoms with van der Waals surface area (Å²) in [5, 5.41) is 6.10. The van der Waals surface area contributed by atoms with Gasteiger partial charge in [-0.15, -0.1) is 0 Å². The van der Waals surface area contributed by atoms with E-state index in [4.69, 9.17) is 0 Å². The van der Waals surface area contributed by atoms with Gasteiger partial charge in [0.15, 0.2) is 5.13 Å². The fourth-order valence-corrected chi connectivity index (χ4v) is 2.96. The number of nitrogens with zero attached hydrogens (tertiary/aromatic N) is 3. The molecule has 0 saturated carbocycles. The number of pyridine rings is 2. The Balaban J connectivity index is 1.54. The van der Waals surface area contributed by atoms with Crippen molar-refractivity contribution in [2.24, 2.45) is 0 Å². The van der Waals surface area contributed by atoms with Gasteiger partial charge in [-0.2, -0.15) is 0 Å². The quantitative estimate of drug-likeness (QED) is 0.699. The van der Waals surface area contributed by atoms with Gasteiger partial charge in [0.2, 0.25) is 0 Å². The molecule has 0 spiro atoms. The molecule has 3 heterocycles. The zero-order chi connectivity index (χ0) is 18.2. The summed E-state index contributed by atoms with van der Waals surface area (Å²) >= 11 is 1.36. The summed E-state index contributed by atoms with van der Waals surface area (Å²) in [7, 11) is 0. The Morgan fingerprint density at radius 3 is 2.50 bits per heavy atom. The molecule has 2 N–H and O–H groups in total. The third-order valence-electron chi connectivity index (χ3n) is 3.47. The number of urea groups is 1. The molecule has 0 aromatic carbocycles. The van der Waals surface area contributed by atoms with E-state index in [9.17, 15) is 4.79 Å². The molecule has 0 aliphatic carbocycles. The van der Waals surface area contributed by atoms with E-state index >= 15 is 0 Å². The monoisotopic (exact) mass is 363 g/mol. The number of rotatable bonds is 4. The van der Waals surface area contributed by atoms with E-state index in [1.165, 1.54) is 11.3 Å². The highest BCUT2D eigenvalue weighted by Crippen LogP contribution is 2.21. The molecule has 130 valence electrons. The lowest BCUT2D eigenvalue weighted by molar-refractivity contribution is 0.252. The van der Waals surface area contributed by atoms with Crippen LogP contribution in [0, 0.1) is 18.8 Å². The summed E-state index contributed by atoms with van der Waals surface area (Å²) < 4.78 is 0. The molecule has 2 amide bonds. The summed E-state index contributed by atoms with van der Waals surface area (Å²) in [4.78, 5) is 25.1. The molecule has 0 unspecified atom stereocenters. The van der Waals surface area contributed by atoms with Crippen LogP contribution in [0.1, 0.15) is 21.7 Å². The van der Waals surface area contributed by atoms with E-state index in [0.717, 1.165) is 28.1 Å². The smallest absolute Gasteiger partial charge is 0.321 e. The Kier molecular flexibility index (Phi) is 5.91. The first-order chi connectivity index (χ1) is 12.7. The van der Waals surface area contributed by atoms with Crippen molar-refractivity contribution in [1.29, 1.82) is 0 Å². The van der Waals surface area contributed by atoms with Gasteiger partial charge in [0, 0.05) is 36.9 Å². The summed E-state index contributed by atoms with van der Waals surface area (Å²) in [5.41, 5.74) is 2.80. The van der Waals surface area contributed by atoms with Crippen molar-refractivity contribution in [1.82, 2.24) is 20.3 Å². The second kappa shape index (κ2) is 8.74. The molecule has 7 heteroatoms. The van der Waals surface area contributed by atoms with Crippen LogP contribution < -0.4 is 10.6 Å². The van der Waals surface area contributed by atoms with Crippen molar-refractivity contribution in [3.8, 4) is 11.8 Å². The Morgan fingerprint density at radius 2 is 1.77 bits per heavy atom. The number of thiazole rings is 1. The van der Waals surface area contributed by atoms with Crippen molar-refractivity contribution in [2.75, 3.05) is 11.9 Å². The van der Waals surface area contributed by atoms with Crippen LogP contribution in [0.4, 0.5) is 9.93 Å². The predicted octanol–water partition coefficient (Wildman–Crippen LogP) is 3.01. The maximum Gasteiger partial charge on any atom is 0.321 e. The summed E-state index contributed by atoms with van der Waals surface area (Å²) in [5.74, 6) is 6.16. The zero-order valence-electron chi connectivity index (χ0n) is 14.2. The minimum Gasteiger partial charge on any atom is -0.337 e. The lowest BCUT2D eigenvalue weighted by Crippen LogP contribution is -2.30. The van der Waals surface area contributed by atoms with Gasteiger partial charge in [0.05, 0.1) is 5.69 Å². The van der Waals surface area contributed by atoms with Crippen molar-refractivity contribution >= 4 is 22.5 Å². The van der Waals surface area contributed by atoms with Crippen LogP contribution in [-0.4, -0.2) is 27.5 Å². The molecule has 3 rings (SSSR count). The number of nitrogens with one attached hydrogen (secondary N) is 2. The Morgan fingerprint density at radius 1 is 1.08 bits per heavy atom. The van der Waals surface area contributed by atoms with Crippen LogP contribution in [0.15, 0.2) is 49.1 Å². The first kappa shape index (κ1) is 17.6. The number of amides is 2. The van der Waals surface area contributed by atoms with Gasteiger partial charge in [0.25, 0.3) is 0 Å². The van der Waals surface area contributed by atoms with Gasteiger partial charge >= 0.3 is 6.03 Å². The lowest BCUT2D eigenvalue weighted by atomic mass is 10.2. The number of hydrogen-bond donors (Lipinski definition) is 2. The molecule has 0 aliphatic heterocycles. The molecule has 3 aromatic rings. The molecule has 26 heavy (non-hydrogen) atoms. The van der Waals surface area contributed by atoms with Crippen LogP contribution in [0.5, 0.6) is 0 Å². The second-order valence-corrected chi connectivity index (χ2v) is 6.40. The number of carbonyl (C=O) groups is 1. The highest BCUT2D eigenvalue weighted by atomic mass is 32.1. The van der Waals surface area contributed by atoms with Crippen molar-refractivity contribution in [3.05, 3.63) is 70.8 Å².